The lowest BCUT2D eigenvalue weighted by Crippen LogP contribution is -2.32. The van der Waals surface area contributed by atoms with E-state index >= 15 is 0 Å². The average Bonchev–Trinajstić information content (AvgIpc) is 2.10. The average molecular weight is 183 g/mol. The second-order valence-corrected chi connectivity index (χ2v) is 3.85. The summed E-state index contributed by atoms with van der Waals surface area (Å²) in [5, 5.41) is 0. The van der Waals surface area contributed by atoms with Gasteiger partial charge < -0.3 is 4.74 Å². The lowest BCUT2D eigenvalue weighted by Gasteiger charge is -2.32. The van der Waals surface area contributed by atoms with Crippen LogP contribution in [0.1, 0.15) is 39.5 Å². The van der Waals surface area contributed by atoms with Crippen molar-refractivity contribution in [2.75, 3.05) is 6.61 Å². The summed E-state index contributed by atoms with van der Waals surface area (Å²) in [6, 6.07) is 0. The first kappa shape index (κ1) is 10.4. The predicted molar refractivity (Wildman–Crippen MR) is 50.4 cm³/mol. The molecule has 1 aliphatic rings. The first-order valence-electron chi connectivity index (χ1n) is 4.91. The standard InChI is InChI=1S/C10H17NO2/c1-3-13-9-4-6-10(2,7-5-9)11-8-12/h9H,3-7H2,1-2H3/t9-,10-. The molecule has 0 saturated heterocycles. The van der Waals surface area contributed by atoms with Gasteiger partial charge in [0.2, 0.25) is 6.08 Å². The molecule has 1 rings (SSSR count). The molecule has 1 fully saturated rings. The van der Waals surface area contributed by atoms with Crippen LogP contribution in [0, 0.1) is 0 Å². The summed E-state index contributed by atoms with van der Waals surface area (Å²) in [4.78, 5) is 14.0. The van der Waals surface area contributed by atoms with Crippen LogP contribution in [-0.4, -0.2) is 24.3 Å². The predicted octanol–water partition coefficient (Wildman–Crippen LogP) is 2.06. The van der Waals surface area contributed by atoms with Crippen LogP contribution >= 0.6 is 0 Å². The van der Waals surface area contributed by atoms with Crippen molar-refractivity contribution in [3.63, 3.8) is 0 Å². The quantitative estimate of drug-likeness (QED) is 0.496. The number of hydrogen-bond acceptors (Lipinski definition) is 3. The Balaban J connectivity index is 2.41. The third-order valence-electron chi connectivity index (χ3n) is 2.73. The minimum absolute atomic E-state index is 0.171. The zero-order valence-corrected chi connectivity index (χ0v) is 8.38. The van der Waals surface area contributed by atoms with Crippen molar-refractivity contribution in [3.05, 3.63) is 0 Å². The topological polar surface area (TPSA) is 38.7 Å². The Morgan fingerprint density at radius 3 is 2.62 bits per heavy atom. The van der Waals surface area contributed by atoms with Gasteiger partial charge in [-0.25, -0.2) is 4.79 Å². The van der Waals surface area contributed by atoms with E-state index in [0.717, 1.165) is 32.3 Å². The first-order chi connectivity index (χ1) is 6.20. The van der Waals surface area contributed by atoms with Gasteiger partial charge in [-0.2, -0.15) is 4.99 Å². The molecule has 1 saturated carbocycles. The van der Waals surface area contributed by atoms with E-state index in [1.807, 2.05) is 13.8 Å². The number of carbonyl (C=O) groups excluding carboxylic acids is 1. The van der Waals surface area contributed by atoms with Crippen molar-refractivity contribution < 1.29 is 9.53 Å². The van der Waals surface area contributed by atoms with Crippen LogP contribution in [0.5, 0.6) is 0 Å². The molecule has 0 aromatic heterocycles. The monoisotopic (exact) mass is 183 g/mol. The summed E-state index contributed by atoms with van der Waals surface area (Å²) in [5.74, 6) is 0. The maximum absolute atomic E-state index is 10.2. The Bertz CT molecular complexity index is 201. The SMILES string of the molecule is CCO[C@H]1CC[C@](C)(N=C=O)CC1. The van der Waals surface area contributed by atoms with E-state index in [0.29, 0.717) is 6.10 Å². The Kier molecular flexibility index (Phi) is 3.64. The summed E-state index contributed by atoms with van der Waals surface area (Å²) in [6.07, 6.45) is 5.93. The number of aliphatic imine (C=N–C) groups is 1. The Morgan fingerprint density at radius 1 is 1.54 bits per heavy atom. The summed E-state index contributed by atoms with van der Waals surface area (Å²) in [5.41, 5.74) is -0.171. The molecule has 0 aromatic carbocycles. The summed E-state index contributed by atoms with van der Waals surface area (Å²) < 4.78 is 5.51. The molecule has 0 bridgehead atoms. The van der Waals surface area contributed by atoms with Gasteiger partial charge in [0.25, 0.3) is 0 Å². The van der Waals surface area contributed by atoms with Crippen LogP contribution < -0.4 is 0 Å². The first-order valence-corrected chi connectivity index (χ1v) is 4.91. The van der Waals surface area contributed by atoms with Gasteiger partial charge in [-0.3, -0.25) is 0 Å². The summed E-state index contributed by atoms with van der Waals surface area (Å²) >= 11 is 0. The van der Waals surface area contributed by atoms with E-state index in [1.165, 1.54) is 0 Å². The fourth-order valence-corrected chi connectivity index (χ4v) is 1.84. The molecule has 0 aromatic rings. The van der Waals surface area contributed by atoms with Gasteiger partial charge >= 0.3 is 0 Å². The second-order valence-electron chi connectivity index (χ2n) is 3.85. The maximum atomic E-state index is 10.2. The lowest BCUT2D eigenvalue weighted by atomic mass is 9.82. The zero-order valence-electron chi connectivity index (χ0n) is 8.38. The molecule has 0 amide bonds. The molecular weight excluding hydrogens is 166 g/mol. The van der Waals surface area contributed by atoms with E-state index in [2.05, 4.69) is 4.99 Å². The Labute approximate surface area is 79.2 Å². The van der Waals surface area contributed by atoms with Gasteiger partial charge in [-0.05, 0) is 39.5 Å². The van der Waals surface area contributed by atoms with E-state index < -0.39 is 0 Å². The summed E-state index contributed by atoms with van der Waals surface area (Å²) in [7, 11) is 0. The molecule has 0 N–H and O–H groups in total. The molecule has 3 nitrogen and oxygen atoms in total. The molecule has 0 heterocycles. The van der Waals surface area contributed by atoms with E-state index in [4.69, 9.17) is 4.74 Å². The number of ether oxygens (including phenoxy) is 1. The molecule has 13 heavy (non-hydrogen) atoms. The van der Waals surface area contributed by atoms with E-state index in [9.17, 15) is 4.79 Å². The van der Waals surface area contributed by atoms with Crippen molar-refractivity contribution in [3.8, 4) is 0 Å². The number of nitrogens with zero attached hydrogens (tertiary/aromatic N) is 1. The molecule has 0 aliphatic heterocycles. The molecule has 0 radical (unpaired) electrons. The van der Waals surface area contributed by atoms with Gasteiger partial charge in [0.15, 0.2) is 0 Å². The highest BCUT2D eigenvalue weighted by Crippen LogP contribution is 2.32. The van der Waals surface area contributed by atoms with E-state index in [1.54, 1.807) is 6.08 Å². The fourth-order valence-electron chi connectivity index (χ4n) is 1.84. The van der Waals surface area contributed by atoms with Crippen LogP contribution in [0.3, 0.4) is 0 Å². The molecule has 1 aliphatic carbocycles. The lowest BCUT2D eigenvalue weighted by molar-refractivity contribution is 0.0233. The fraction of sp³-hybridized carbons (Fsp3) is 0.900. The molecular formula is C10H17NO2. The maximum Gasteiger partial charge on any atom is 0.235 e. The van der Waals surface area contributed by atoms with Crippen LogP contribution in [0.25, 0.3) is 0 Å². The minimum atomic E-state index is -0.171. The van der Waals surface area contributed by atoms with Crippen molar-refractivity contribution in [1.29, 1.82) is 0 Å². The van der Waals surface area contributed by atoms with Crippen molar-refractivity contribution >= 4 is 6.08 Å². The van der Waals surface area contributed by atoms with Crippen LogP contribution in [0.2, 0.25) is 0 Å². The van der Waals surface area contributed by atoms with Gasteiger partial charge in [-0.15, -0.1) is 0 Å². The number of hydrogen-bond donors (Lipinski definition) is 0. The number of isocyanates is 1. The minimum Gasteiger partial charge on any atom is -0.379 e. The largest absolute Gasteiger partial charge is 0.379 e. The molecule has 74 valence electrons. The second kappa shape index (κ2) is 4.54. The molecule has 0 unspecified atom stereocenters. The highest BCUT2D eigenvalue weighted by molar-refractivity contribution is 5.34. The van der Waals surface area contributed by atoms with Crippen LogP contribution in [0.4, 0.5) is 0 Å². The Morgan fingerprint density at radius 2 is 2.15 bits per heavy atom. The molecule has 0 spiro atoms. The molecule has 3 heteroatoms. The van der Waals surface area contributed by atoms with Gasteiger partial charge in [0, 0.05) is 6.61 Å². The summed E-state index contributed by atoms with van der Waals surface area (Å²) in [6.45, 7) is 4.80. The Hall–Kier alpha value is -0.660. The van der Waals surface area contributed by atoms with Gasteiger partial charge in [0.1, 0.15) is 0 Å². The van der Waals surface area contributed by atoms with E-state index in [-0.39, 0.29) is 5.54 Å². The van der Waals surface area contributed by atoms with Gasteiger partial charge in [0.05, 0.1) is 11.6 Å². The molecule has 0 atom stereocenters. The van der Waals surface area contributed by atoms with Gasteiger partial charge in [-0.1, -0.05) is 0 Å². The normalized spacial score (nSPS) is 33.8. The van der Waals surface area contributed by atoms with Crippen molar-refractivity contribution in [2.24, 2.45) is 4.99 Å². The highest BCUT2D eigenvalue weighted by atomic mass is 16.5. The zero-order chi connectivity index (χ0) is 9.73. The highest BCUT2D eigenvalue weighted by Gasteiger charge is 2.30. The third-order valence-corrected chi connectivity index (χ3v) is 2.73. The van der Waals surface area contributed by atoms with Crippen molar-refractivity contribution in [2.45, 2.75) is 51.2 Å². The number of rotatable bonds is 3. The van der Waals surface area contributed by atoms with Crippen LogP contribution in [-0.2, 0) is 9.53 Å². The smallest absolute Gasteiger partial charge is 0.235 e. The van der Waals surface area contributed by atoms with Crippen LogP contribution in [0.15, 0.2) is 4.99 Å². The third kappa shape index (κ3) is 2.94. The van der Waals surface area contributed by atoms with Crippen molar-refractivity contribution in [1.82, 2.24) is 0 Å².